The van der Waals surface area contributed by atoms with Crippen molar-refractivity contribution in [3.63, 3.8) is 0 Å². The second-order valence-electron chi connectivity index (χ2n) is 14.8. The number of hydrogen-bond acceptors (Lipinski definition) is 15. The van der Waals surface area contributed by atoms with E-state index in [2.05, 4.69) is 46.5 Å². The predicted molar refractivity (Wildman–Crippen MR) is 222 cm³/mol. The first-order valence-corrected chi connectivity index (χ1v) is 19.4. The van der Waals surface area contributed by atoms with Crippen LogP contribution >= 0.6 is 11.3 Å². The molecular weight excluding hydrogens is 801 g/mol. The number of fused-ring (bicyclic) bond motifs is 1. The zero-order valence-electron chi connectivity index (χ0n) is 33.8. The van der Waals surface area contributed by atoms with E-state index in [9.17, 15) is 38.7 Å². The molecule has 0 fully saturated rings. The van der Waals surface area contributed by atoms with Gasteiger partial charge in [-0.3, -0.25) is 24.0 Å². The van der Waals surface area contributed by atoms with Crippen LogP contribution in [0.5, 0.6) is 0 Å². The summed E-state index contributed by atoms with van der Waals surface area (Å²) in [5, 5.41) is 23.0. The average Bonchev–Trinajstić information content (AvgIpc) is 3.64. The van der Waals surface area contributed by atoms with E-state index in [1.165, 1.54) is 54.4 Å². The normalized spacial score (nSPS) is 12.7. The second-order valence-corrected chi connectivity index (χ2v) is 15.9. The van der Waals surface area contributed by atoms with Crippen LogP contribution in [-0.4, -0.2) is 97.4 Å². The van der Waals surface area contributed by atoms with E-state index < -0.39 is 59.4 Å². The van der Waals surface area contributed by atoms with Crippen LogP contribution < -0.4 is 43.0 Å². The third-order valence-electron chi connectivity index (χ3n) is 8.43. The molecule has 0 aliphatic carbocycles. The summed E-state index contributed by atoms with van der Waals surface area (Å²) in [5.41, 5.74) is 12.1. The first kappa shape index (κ1) is 45.7. The van der Waals surface area contributed by atoms with E-state index in [0.717, 1.165) is 11.3 Å². The fourth-order valence-corrected chi connectivity index (χ4v) is 6.24. The summed E-state index contributed by atoms with van der Waals surface area (Å²) < 4.78 is 5.24. The van der Waals surface area contributed by atoms with E-state index in [-0.39, 0.29) is 65.2 Å². The molecule has 3 unspecified atom stereocenters. The molecule has 6 amide bonds. The summed E-state index contributed by atoms with van der Waals surface area (Å²) in [4.78, 5) is 106. The van der Waals surface area contributed by atoms with Gasteiger partial charge in [-0.2, -0.15) is 9.97 Å². The Kier molecular flexibility index (Phi) is 15.3. The number of carbonyl (C=O) groups is 7. The number of carboxylic acid groups (broad SMARTS) is 1. The molecule has 0 bridgehead atoms. The van der Waals surface area contributed by atoms with Crippen molar-refractivity contribution in [3.05, 3.63) is 58.7 Å². The number of anilines is 4. The van der Waals surface area contributed by atoms with Gasteiger partial charge in [-0.05, 0) is 82.9 Å². The molecule has 4 aromatic rings. The van der Waals surface area contributed by atoms with Crippen LogP contribution in [0.3, 0.4) is 0 Å². The number of carboxylic acids is 1. The Morgan fingerprint density at radius 1 is 0.917 bits per heavy atom. The standard InChI is InChI=1S/C38H48N12O9S/c1-19(2)27(47-37(58)59-38(4,5)6)34(55)43-20(3)31(52)46-26-14-13-25(60-26)33(54)41-15-7-8-24(35(56)57)45-32(53)21-9-11-23(12-10-21)50(18-51)17-22-16-42-30-28(44-22)29(39)48-36(40)49-30/h9-14,16,18-20,24,27H,7-8,15,17H2,1-6H3,(H,41,54)(H,43,55)(H,45,53)(H,46,52)(H,47,58)(H,56,57)(H4,39,40,42,48,49). The molecule has 3 atom stereocenters. The zero-order chi connectivity index (χ0) is 44.3. The van der Waals surface area contributed by atoms with Crippen molar-refractivity contribution in [2.24, 2.45) is 5.92 Å². The number of benzene rings is 1. The van der Waals surface area contributed by atoms with Gasteiger partial charge in [-0.15, -0.1) is 11.3 Å². The van der Waals surface area contributed by atoms with Gasteiger partial charge in [0.1, 0.15) is 23.7 Å². The summed E-state index contributed by atoms with van der Waals surface area (Å²) in [7, 11) is 0. The van der Waals surface area contributed by atoms with Crippen molar-refractivity contribution in [2.45, 2.75) is 84.7 Å². The molecule has 3 aromatic heterocycles. The van der Waals surface area contributed by atoms with Crippen molar-refractivity contribution in [2.75, 3.05) is 28.2 Å². The smallest absolute Gasteiger partial charge is 0.408 e. The number of aliphatic carboxylic acids is 1. The van der Waals surface area contributed by atoms with Crippen molar-refractivity contribution in [3.8, 4) is 0 Å². The van der Waals surface area contributed by atoms with E-state index in [4.69, 9.17) is 16.2 Å². The van der Waals surface area contributed by atoms with E-state index in [1.807, 2.05) is 0 Å². The third kappa shape index (κ3) is 13.0. The molecule has 21 nitrogen and oxygen atoms in total. The molecule has 60 heavy (non-hydrogen) atoms. The molecule has 1 aromatic carbocycles. The van der Waals surface area contributed by atoms with Gasteiger partial charge in [0.15, 0.2) is 17.0 Å². The Hall–Kier alpha value is -6.97. The quantitative estimate of drug-likeness (QED) is 0.0526. The molecule has 0 spiro atoms. The van der Waals surface area contributed by atoms with Crippen LogP contribution in [0, 0.1) is 5.92 Å². The first-order chi connectivity index (χ1) is 28.2. The largest absolute Gasteiger partial charge is 0.480 e. The number of carbonyl (C=O) groups excluding carboxylic acids is 6. The minimum Gasteiger partial charge on any atom is -0.480 e. The molecule has 320 valence electrons. The summed E-state index contributed by atoms with van der Waals surface area (Å²) >= 11 is 0.989. The van der Waals surface area contributed by atoms with E-state index in [1.54, 1.807) is 34.6 Å². The number of alkyl carbamates (subject to hydrolysis) is 1. The van der Waals surface area contributed by atoms with Crippen LogP contribution in [0.2, 0.25) is 0 Å². The summed E-state index contributed by atoms with van der Waals surface area (Å²) in [6.45, 7) is 10.1. The van der Waals surface area contributed by atoms with Crippen LogP contribution in [0.4, 0.5) is 27.2 Å². The van der Waals surface area contributed by atoms with Gasteiger partial charge in [-0.25, -0.2) is 19.6 Å². The van der Waals surface area contributed by atoms with Crippen LogP contribution in [0.15, 0.2) is 42.6 Å². The van der Waals surface area contributed by atoms with Gasteiger partial charge in [0.05, 0.1) is 28.3 Å². The number of hydrogen-bond donors (Lipinski definition) is 8. The number of ether oxygens (including phenoxy) is 1. The van der Waals surface area contributed by atoms with Gasteiger partial charge >= 0.3 is 12.1 Å². The molecule has 22 heteroatoms. The number of thiophene rings is 1. The summed E-state index contributed by atoms with van der Waals surface area (Å²) in [6.07, 6.45) is 1.41. The fraction of sp³-hybridized carbons (Fsp3) is 0.395. The SMILES string of the molecule is CC(NC(=O)C(NC(=O)OC(C)(C)C)C(C)C)C(=O)Nc1ccc(C(=O)NCCCC(NC(=O)c2ccc(N(C=O)Cc3cnc4nc(N)nc(N)c4n3)cc2)C(=O)O)s1. The Labute approximate surface area is 348 Å². The molecule has 0 aliphatic rings. The fourth-order valence-electron chi connectivity index (χ4n) is 5.42. The maximum Gasteiger partial charge on any atom is 0.408 e. The number of amides is 6. The lowest BCUT2D eigenvalue weighted by Crippen LogP contribution is -2.54. The minimum atomic E-state index is -1.27. The number of nitrogens with two attached hydrogens (primary N) is 2. The molecule has 0 aliphatic heterocycles. The van der Waals surface area contributed by atoms with Gasteiger partial charge in [0.25, 0.3) is 11.8 Å². The highest BCUT2D eigenvalue weighted by atomic mass is 32.1. The molecule has 0 saturated heterocycles. The highest BCUT2D eigenvalue weighted by molar-refractivity contribution is 7.18. The lowest BCUT2D eigenvalue weighted by Gasteiger charge is -2.26. The molecule has 0 saturated carbocycles. The number of nitrogens with one attached hydrogen (secondary N) is 5. The number of rotatable bonds is 18. The Balaban J connectivity index is 1.23. The predicted octanol–water partition coefficient (Wildman–Crippen LogP) is 2.19. The van der Waals surface area contributed by atoms with Gasteiger partial charge < -0.3 is 52.8 Å². The van der Waals surface area contributed by atoms with Crippen LogP contribution in [-0.2, 0) is 30.5 Å². The summed E-state index contributed by atoms with van der Waals surface area (Å²) in [5.74, 6) is -3.86. The monoisotopic (exact) mass is 848 g/mol. The topological polar surface area (TPSA) is 316 Å². The average molecular weight is 849 g/mol. The number of nitrogens with zero attached hydrogens (tertiary/aromatic N) is 5. The number of nitrogen functional groups attached to an aromatic ring is 2. The van der Waals surface area contributed by atoms with Crippen LogP contribution in [0.25, 0.3) is 11.2 Å². The van der Waals surface area contributed by atoms with Gasteiger partial charge in [0.2, 0.25) is 24.2 Å². The molecule has 4 rings (SSSR count). The van der Waals surface area contributed by atoms with Gasteiger partial charge in [0, 0.05) is 17.8 Å². The maximum atomic E-state index is 13.0. The van der Waals surface area contributed by atoms with Gasteiger partial charge in [-0.1, -0.05) is 13.8 Å². The molecule has 10 N–H and O–H groups in total. The van der Waals surface area contributed by atoms with E-state index >= 15 is 0 Å². The molecular formula is C38H48N12O9S. The second kappa shape index (κ2) is 20.1. The van der Waals surface area contributed by atoms with Crippen molar-refractivity contribution in [1.29, 1.82) is 0 Å². The Morgan fingerprint density at radius 3 is 2.25 bits per heavy atom. The first-order valence-electron chi connectivity index (χ1n) is 18.6. The third-order valence-corrected chi connectivity index (χ3v) is 9.43. The van der Waals surface area contributed by atoms with Crippen LogP contribution in [0.1, 0.15) is 80.1 Å². The minimum absolute atomic E-state index is 0.00200. The molecule has 0 radical (unpaired) electrons. The lowest BCUT2D eigenvalue weighted by molar-refractivity contribution is -0.139. The highest BCUT2D eigenvalue weighted by Crippen LogP contribution is 2.23. The van der Waals surface area contributed by atoms with Crippen molar-refractivity contribution < 1.29 is 43.4 Å². The Morgan fingerprint density at radius 2 is 1.62 bits per heavy atom. The highest BCUT2D eigenvalue weighted by Gasteiger charge is 2.29. The number of aromatic nitrogens is 4. The maximum absolute atomic E-state index is 13.0. The molecule has 3 heterocycles. The lowest BCUT2D eigenvalue weighted by atomic mass is 10.0. The van der Waals surface area contributed by atoms with Crippen molar-refractivity contribution >= 4 is 87.1 Å². The zero-order valence-corrected chi connectivity index (χ0v) is 34.6. The van der Waals surface area contributed by atoms with E-state index in [0.29, 0.717) is 22.8 Å². The summed E-state index contributed by atoms with van der Waals surface area (Å²) in [6, 6.07) is 5.69. The van der Waals surface area contributed by atoms with Crippen molar-refractivity contribution in [1.82, 2.24) is 41.2 Å². The Bertz CT molecular complexity index is 2230.